The summed E-state index contributed by atoms with van der Waals surface area (Å²) < 4.78 is 5.81. The summed E-state index contributed by atoms with van der Waals surface area (Å²) in [6, 6.07) is 0. The van der Waals surface area contributed by atoms with E-state index in [2.05, 4.69) is 26.8 Å². The Balaban J connectivity index is 3.12. The van der Waals surface area contributed by atoms with Crippen molar-refractivity contribution in [3.05, 3.63) is 35.5 Å². The Hall–Kier alpha value is -1.35. The van der Waals surface area contributed by atoms with Crippen LogP contribution in [-0.4, -0.2) is 22.8 Å². The molecule has 3 heteroatoms. The monoisotopic (exact) mass is 320 g/mol. The lowest BCUT2D eigenvalue weighted by Gasteiger charge is -2.30. The molecule has 0 fully saturated rings. The molecule has 0 heterocycles. The second kappa shape index (κ2) is 8.49. The summed E-state index contributed by atoms with van der Waals surface area (Å²) in [4.78, 5) is 12.2. The van der Waals surface area contributed by atoms with Gasteiger partial charge in [0.1, 0.15) is 6.10 Å². The molecule has 0 aromatic heterocycles. The maximum atomic E-state index is 12.2. The van der Waals surface area contributed by atoms with Gasteiger partial charge in [-0.25, -0.2) is 4.79 Å². The molecule has 0 radical (unpaired) electrons. The zero-order chi connectivity index (χ0) is 17.6. The number of ether oxygens (including phenoxy) is 1. The van der Waals surface area contributed by atoms with E-state index >= 15 is 0 Å². The first-order valence-electron chi connectivity index (χ1n) is 8.57. The Morgan fingerprint density at radius 3 is 2.70 bits per heavy atom. The molecule has 3 unspecified atom stereocenters. The predicted molar refractivity (Wildman–Crippen MR) is 95.0 cm³/mol. The topological polar surface area (TPSA) is 46.5 Å². The Morgan fingerprint density at radius 1 is 1.48 bits per heavy atom. The molecule has 0 amide bonds. The summed E-state index contributed by atoms with van der Waals surface area (Å²) in [5, 5.41) is 10.4. The van der Waals surface area contributed by atoms with Crippen molar-refractivity contribution in [2.24, 2.45) is 11.8 Å². The van der Waals surface area contributed by atoms with Crippen molar-refractivity contribution in [3.8, 4) is 0 Å². The first-order valence-corrected chi connectivity index (χ1v) is 8.57. The summed E-state index contributed by atoms with van der Waals surface area (Å²) >= 11 is 0. The third kappa shape index (κ3) is 6.34. The summed E-state index contributed by atoms with van der Waals surface area (Å²) in [7, 11) is 0. The van der Waals surface area contributed by atoms with Crippen molar-refractivity contribution in [1.29, 1.82) is 0 Å². The highest BCUT2D eigenvalue weighted by Crippen LogP contribution is 2.29. The van der Waals surface area contributed by atoms with E-state index < -0.39 is 5.60 Å². The van der Waals surface area contributed by atoms with Gasteiger partial charge in [0.15, 0.2) is 0 Å². The number of esters is 1. The summed E-state index contributed by atoms with van der Waals surface area (Å²) in [6.07, 6.45) is 9.88. The molecule has 23 heavy (non-hydrogen) atoms. The van der Waals surface area contributed by atoms with Gasteiger partial charge in [0.25, 0.3) is 0 Å². The highest BCUT2D eigenvalue weighted by molar-refractivity contribution is 5.87. The lowest BCUT2D eigenvalue weighted by Crippen LogP contribution is -2.31. The number of rotatable bonds is 3. The van der Waals surface area contributed by atoms with Crippen molar-refractivity contribution in [2.75, 3.05) is 0 Å². The zero-order valence-electron chi connectivity index (χ0n) is 15.4. The minimum Gasteiger partial charge on any atom is -0.458 e. The van der Waals surface area contributed by atoms with Crippen LogP contribution in [0.3, 0.4) is 0 Å². The first kappa shape index (κ1) is 19.7. The van der Waals surface area contributed by atoms with Crippen LogP contribution in [-0.2, 0) is 9.53 Å². The number of carbonyl (C=O) groups excluding carboxylic acids is 1. The van der Waals surface area contributed by atoms with Crippen molar-refractivity contribution in [3.63, 3.8) is 0 Å². The van der Waals surface area contributed by atoms with Gasteiger partial charge in [0, 0.05) is 17.9 Å². The van der Waals surface area contributed by atoms with Crippen LogP contribution < -0.4 is 0 Å². The Kier molecular flexibility index (Phi) is 7.27. The van der Waals surface area contributed by atoms with Crippen LogP contribution in [0.5, 0.6) is 0 Å². The summed E-state index contributed by atoms with van der Waals surface area (Å²) in [5.41, 5.74) is 1.01. The van der Waals surface area contributed by atoms with Crippen molar-refractivity contribution >= 4 is 5.97 Å². The van der Waals surface area contributed by atoms with Crippen LogP contribution in [0.25, 0.3) is 0 Å². The SMILES string of the molecule is CC=C(C)C(=O)OC1CC(C)=CCCC(C)(O)C=CC1C(C)C. The summed E-state index contributed by atoms with van der Waals surface area (Å²) in [5.74, 6) is 0.141. The highest BCUT2D eigenvalue weighted by atomic mass is 16.5. The maximum absolute atomic E-state index is 12.2. The lowest BCUT2D eigenvalue weighted by atomic mass is 9.83. The zero-order valence-corrected chi connectivity index (χ0v) is 15.4. The van der Waals surface area contributed by atoms with Gasteiger partial charge in [-0.3, -0.25) is 0 Å². The van der Waals surface area contributed by atoms with Gasteiger partial charge in [0.2, 0.25) is 0 Å². The van der Waals surface area contributed by atoms with E-state index in [1.165, 1.54) is 5.57 Å². The van der Waals surface area contributed by atoms with Gasteiger partial charge in [-0.15, -0.1) is 0 Å². The molecule has 1 aliphatic rings. The van der Waals surface area contributed by atoms with Crippen molar-refractivity contribution in [2.45, 2.75) is 72.5 Å². The average molecular weight is 320 g/mol. The Morgan fingerprint density at radius 2 is 2.13 bits per heavy atom. The van der Waals surface area contributed by atoms with E-state index in [4.69, 9.17) is 4.74 Å². The molecular formula is C20H32O3. The van der Waals surface area contributed by atoms with Crippen LogP contribution in [0, 0.1) is 11.8 Å². The van der Waals surface area contributed by atoms with Crippen LogP contribution in [0.4, 0.5) is 0 Å². The molecule has 0 aliphatic heterocycles. The number of carbonyl (C=O) groups is 1. The fourth-order valence-electron chi connectivity index (χ4n) is 2.79. The second-order valence-corrected chi connectivity index (χ2v) is 7.25. The largest absolute Gasteiger partial charge is 0.458 e. The number of allylic oxidation sites excluding steroid dienone is 2. The van der Waals surface area contributed by atoms with Gasteiger partial charge in [-0.2, -0.15) is 0 Å². The highest BCUT2D eigenvalue weighted by Gasteiger charge is 2.28. The molecule has 0 bridgehead atoms. The van der Waals surface area contributed by atoms with Gasteiger partial charge in [0.05, 0.1) is 5.60 Å². The van der Waals surface area contributed by atoms with E-state index in [0.717, 1.165) is 12.8 Å². The van der Waals surface area contributed by atoms with E-state index in [9.17, 15) is 9.90 Å². The van der Waals surface area contributed by atoms with Gasteiger partial charge in [-0.1, -0.05) is 43.7 Å². The molecule has 0 saturated heterocycles. The predicted octanol–water partition coefficient (Wildman–Crippen LogP) is 4.57. The molecule has 1 aliphatic carbocycles. The molecule has 3 nitrogen and oxygen atoms in total. The number of aliphatic hydroxyl groups is 1. The summed E-state index contributed by atoms with van der Waals surface area (Å²) in [6.45, 7) is 11.8. The molecular weight excluding hydrogens is 288 g/mol. The molecule has 1 N–H and O–H groups in total. The van der Waals surface area contributed by atoms with E-state index in [-0.39, 0.29) is 18.0 Å². The van der Waals surface area contributed by atoms with Crippen LogP contribution in [0.1, 0.15) is 60.8 Å². The standard InChI is InChI=1S/C20H32O3/c1-7-16(5)19(21)23-18-13-15(4)9-8-11-20(6,22)12-10-17(18)14(2)3/h7,9-10,12,14,17-18,22H,8,11,13H2,1-6H3. The smallest absolute Gasteiger partial charge is 0.333 e. The van der Waals surface area contributed by atoms with E-state index in [1.54, 1.807) is 13.0 Å². The normalized spacial score (nSPS) is 30.1. The maximum Gasteiger partial charge on any atom is 0.333 e. The van der Waals surface area contributed by atoms with Crippen molar-refractivity contribution < 1.29 is 14.6 Å². The third-order valence-electron chi connectivity index (χ3n) is 4.56. The first-order chi connectivity index (χ1) is 10.7. The fraction of sp³-hybridized carbons (Fsp3) is 0.650. The number of hydrogen-bond acceptors (Lipinski definition) is 3. The minimum absolute atomic E-state index is 0.0801. The molecule has 0 spiro atoms. The number of hydrogen-bond donors (Lipinski definition) is 1. The molecule has 3 atom stereocenters. The lowest BCUT2D eigenvalue weighted by molar-refractivity contribution is -0.146. The van der Waals surface area contributed by atoms with Crippen molar-refractivity contribution in [1.82, 2.24) is 0 Å². The quantitative estimate of drug-likeness (QED) is 0.470. The molecule has 0 saturated carbocycles. The van der Waals surface area contributed by atoms with Gasteiger partial charge >= 0.3 is 5.97 Å². The average Bonchev–Trinajstić information content (AvgIpc) is 2.44. The second-order valence-electron chi connectivity index (χ2n) is 7.25. The van der Waals surface area contributed by atoms with Crippen LogP contribution in [0.2, 0.25) is 0 Å². The Labute approximate surface area is 141 Å². The third-order valence-corrected chi connectivity index (χ3v) is 4.56. The van der Waals surface area contributed by atoms with Crippen LogP contribution in [0.15, 0.2) is 35.5 Å². The molecule has 0 aromatic carbocycles. The van der Waals surface area contributed by atoms with E-state index in [1.807, 2.05) is 26.0 Å². The van der Waals surface area contributed by atoms with E-state index in [0.29, 0.717) is 17.9 Å². The van der Waals surface area contributed by atoms with Crippen LogP contribution >= 0.6 is 0 Å². The molecule has 130 valence electrons. The Bertz CT molecular complexity index is 495. The minimum atomic E-state index is -0.824. The molecule has 0 aromatic rings. The molecule has 1 rings (SSSR count). The van der Waals surface area contributed by atoms with Gasteiger partial charge < -0.3 is 9.84 Å². The van der Waals surface area contributed by atoms with Gasteiger partial charge in [-0.05, 0) is 46.5 Å². The fourth-order valence-corrected chi connectivity index (χ4v) is 2.79.